The van der Waals surface area contributed by atoms with Crippen molar-refractivity contribution in [2.75, 3.05) is 21.3 Å². The average Bonchev–Trinajstić information content (AvgIpc) is 3.20. The standard InChI is InChI=1S/C23H22N2O3S/c1-14-6-7-18(15(2)8-14)19-13-29-23(25-19)17(12-24)9-16-10-20(26-3)22(28-5)21(11-16)27-4/h6-11,13H,1-5H3/b17-9+. The van der Waals surface area contributed by atoms with E-state index in [2.05, 4.69) is 38.1 Å². The van der Waals surface area contributed by atoms with Gasteiger partial charge in [-0.15, -0.1) is 11.3 Å². The maximum atomic E-state index is 9.73. The van der Waals surface area contributed by atoms with Crippen molar-refractivity contribution in [2.24, 2.45) is 0 Å². The monoisotopic (exact) mass is 406 g/mol. The molecule has 0 aliphatic heterocycles. The first-order valence-corrected chi connectivity index (χ1v) is 9.84. The van der Waals surface area contributed by atoms with Gasteiger partial charge in [-0.3, -0.25) is 0 Å². The van der Waals surface area contributed by atoms with E-state index in [1.165, 1.54) is 16.9 Å². The molecule has 3 rings (SSSR count). The summed E-state index contributed by atoms with van der Waals surface area (Å²) in [4.78, 5) is 4.70. The second-order valence-electron chi connectivity index (χ2n) is 6.48. The number of aromatic nitrogens is 1. The molecule has 1 heterocycles. The fourth-order valence-electron chi connectivity index (χ4n) is 3.12. The zero-order valence-electron chi connectivity index (χ0n) is 17.1. The van der Waals surface area contributed by atoms with Crippen molar-refractivity contribution in [3.63, 3.8) is 0 Å². The van der Waals surface area contributed by atoms with Gasteiger partial charge in [0.25, 0.3) is 0 Å². The smallest absolute Gasteiger partial charge is 0.203 e. The highest BCUT2D eigenvalue weighted by Crippen LogP contribution is 2.39. The zero-order chi connectivity index (χ0) is 21.0. The van der Waals surface area contributed by atoms with Crippen molar-refractivity contribution >= 4 is 23.0 Å². The lowest BCUT2D eigenvalue weighted by Crippen LogP contribution is -1.95. The molecule has 3 aromatic rings. The maximum absolute atomic E-state index is 9.73. The van der Waals surface area contributed by atoms with Crippen LogP contribution in [0.4, 0.5) is 0 Å². The number of rotatable bonds is 6. The van der Waals surface area contributed by atoms with Gasteiger partial charge in [0, 0.05) is 10.9 Å². The summed E-state index contributed by atoms with van der Waals surface area (Å²) in [7, 11) is 4.68. The van der Waals surface area contributed by atoms with Crippen LogP contribution in [-0.4, -0.2) is 26.3 Å². The molecule has 0 atom stereocenters. The third-order valence-corrected chi connectivity index (χ3v) is 5.39. The Bertz CT molecular complexity index is 1080. The molecule has 0 bridgehead atoms. The Morgan fingerprint density at radius 3 is 2.28 bits per heavy atom. The van der Waals surface area contributed by atoms with Gasteiger partial charge in [-0.2, -0.15) is 5.26 Å². The minimum absolute atomic E-state index is 0.472. The van der Waals surface area contributed by atoms with E-state index in [9.17, 15) is 5.26 Å². The Kier molecular flexibility index (Phi) is 6.20. The van der Waals surface area contributed by atoms with Crippen LogP contribution >= 0.6 is 11.3 Å². The molecule has 1 aromatic heterocycles. The Morgan fingerprint density at radius 1 is 1.03 bits per heavy atom. The number of methoxy groups -OCH3 is 3. The molecule has 0 radical (unpaired) electrons. The van der Waals surface area contributed by atoms with Crippen molar-refractivity contribution in [3.05, 3.63) is 57.4 Å². The second-order valence-corrected chi connectivity index (χ2v) is 7.34. The van der Waals surface area contributed by atoms with E-state index < -0.39 is 0 Å². The highest BCUT2D eigenvalue weighted by molar-refractivity contribution is 7.11. The molecule has 0 unspecified atom stereocenters. The van der Waals surface area contributed by atoms with Gasteiger partial charge in [0.05, 0.1) is 32.6 Å². The molecule has 0 saturated heterocycles. The third-order valence-electron chi connectivity index (χ3n) is 4.51. The third kappa shape index (κ3) is 4.25. The molecule has 0 aliphatic rings. The summed E-state index contributed by atoms with van der Waals surface area (Å²) < 4.78 is 16.1. The van der Waals surface area contributed by atoms with Crippen LogP contribution in [0.3, 0.4) is 0 Å². The largest absolute Gasteiger partial charge is 0.493 e. The van der Waals surface area contributed by atoms with Crippen molar-refractivity contribution in [3.8, 4) is 34.6 Å². The Hall–Kier alpha value is -3.30. The van der Waals surface area contributed by atoms with Crippen molar-refractivity contribution < 1.29 is 14.2 Å². The minimum Gasteiger partial charge on any atom is -0.493 e. The summed E-state index contributed by atoms with van der Waals surface area (Å²) in [6.45, 7) is 4.13. The van der Waals surface area contributed by atoms with E-state index in [4.69, 9.17) is 19.2 Å². The fourth-order valence-corrected chi connectivity index (χ4v) is 3.90. The summed E-state index contributed by atoms with van der Waals surface area (Å²) >= 11 is 1.45. The van der Waals surface area contributed by atoms with E-state index in [-0.39, 0.29) is 0 Å². The molecular weight excluding hydrogens is 384 g/mol. The molecule has 6 heteroatoms. The topological polar surface area (TPSA) is 64.4 Å². The number of nitrogens with zero attached hydrogens (tertiary/aromatic N) is 2. The molecule has 29 heavy (non-hydrogen) atoms. The van der Waals surface area contributed by atoms with Gasteiger partial charge in [0.2, 0.25) is 5.75 Å². The van der Waals surface area contributed by atoms with Crippen LogP contribution in [0.15, 0.2) is 35.7 Å². The molecule has 0 fully saturated rings. The molecule has 5 nitrogen and oxygen atoms in total. The van der Waals surface area contributed by atoms with Crippen LogP contribution in [0.1, 0.15) is 21.7 Å². The number of nitriles is 1. The van der Waals surface area contributed by atoms with E-state index >= 15 is 0 Å². The molecule has 148 valence electrons. The Balaban J connectivity index is 2.02. The van der Waals surface area contributed by atoms with Gasteiger partial charge in [0.1, 0.15) is 11.1 Å². The zero-order valence-corrected chi connectivity index (χ0v) is 17.9. The number of ether oxygens (including phenoxy) is 3. The first kappa shape index (κ1) is 20.4. The number of benzene rings is 2. The number of hydrogen-bond acceptors (Lipinski definition) is 6. The van der Waals surface area contributed by atoms with Gasteiger partial charge >= 0.3 is 0 Å². The van der Waals surface area contributed by atoms with E-state index in [1.54, 1.807) is 39.5 Å². The molecule has 0 aliphatic carbocycles. The van der Waals surface area contributed by atoms with Crippen LogP contribution in [-0.2, 0) is 0 Å². The summed E-state index contributed by atoms with van der Waals surface area (Å²) in [5.41, 5.74) is 5.55. The summed E-state index contributed by atoms with van der Waals surface area (Å²) in [5.74, 6) is 1.58. The number of aryl methyl sites for hydroxylation is 2. The van der Waals surface area contributed by atoms with Crippen LogP contribution in [0, 0.1) is 25.2 Å². The van der Waals surface area contributed by atoms with Gasteiger partial charge < -0.3 is 14.2 Å². The first-order chi connectivity index (χ1) is 14.0. The lowest BCUT2D eigenvalue weighted by Gasteiger charge is -2.13. The van der Waals surface area contributed by atoms with E-state index in [1.807, 2.05) is 5.38 Å². The number of allylic oxidation sites excluding steroid dienone is 1. The molecule has 0 saturated carbocycles. The van der Waals surface area contributed by atoms with Gasteiger partial charge in [0.15, 0.2) is 11.5 Å². The normalized spacial score (nSPS) is 11.1. The molecular formula is C23H22N2O3S. The molecule has 0 N–H and O–H groups in total. The quantitative estimate of drug-likeness (QED) is 0.505. The molecule has 0 spiro atoms. The average molecular weight is 407 g/mol. The van der Waals surface area contributed by atoms with Crippen LogP contribution in [0.2, 0.25) is 0 Å². The second kappa shape index (κ2) is 8.80. The van der Waals surface area contributed by atoms with Crippen LogP contribution in [0.5, 0.6) is 17.2 Å². The summed E-state index contributed by atoms with van der Waals surface area (Å²) in [5, 5.41) is 12.4. The van der Waals surface area contributed by atoms with Crippen molar-refractivity contribution in [1.29, 1.82) is 5.26 Å². The molecule has 2 aromatic carbocycles. The SMILES string of the molecule is COc1cc(/C=C(\C#N)c2nc(-c3ccc(C)cc3C)cs2)cc(OC)c1OC. The predicted molar refractivity (Wildman–Crippen MR) is 117 cm³/mol. The summed E-state index contributed by atoms with van der Waals surface area (Å²) in [6, 6.07) is 12.1. The van der Waals surface area contributed by atoms with E-state index in [0.29, 0.717) is 27.8 Å². The fraction of sp³-hybridized carbons (Fsp3) is 0.217. The number of thiazole rings is 1. The lowest BCUT2D eigenvalue weighted by molar-refractivity contribution is 0.324. The predicted octanol–water partition coefficient (Wildman–Crippen LogP) is 5.52. The Morgan fingerprint density at radius 2 is 1.72 bits per heavy atom. The summed E-state index contributed by atoms with van der Waals surface area (Å²) in [6.07, 6.45) is 1.77. The first-order valence-electron chi connectivity index (χ1n) is 8.96. The van der Waals surface area contributed by atoms with E-state index in [0.717, 1.165) is 22.4 Å². The Labute approximate surface area is 174 Å². The number of hydrogen-bond donors (Lipinski definition) is 0. The van der Waals surface area contributed by atoms with Crippen LogP contribution in [0.25, 0.3) is 22.9 Å². The minimum atomic E-state index is 0.472. The lowest BCUT2D eigenvalue weighted by atomic mass is 10.0. The van der Waals surface area contributed by atoms with Crippen molar-refractivity contribution in [1.82, 2.24) is 4.98 Å². The molecule has 0 amide bonds. The van der Waals surface area contributed by atoms with Gasteiger partial charge in [-0.1, -0.05) is 23.8 Å². The highest BCUT2D eigenvalue weighted by atomic mass is 32.1. The van der Waals surface area contributed by atoms with Crippen LogP contribution < -0.4 is 14.2 Å². The van der Waals surface area contributed by atoms with Gasteiger partial charge in [-0.05, 0) is 43.2 Å². The van der Waals surface area contributed by atoms with Crippen molar-refractivity contribution in [2.45, 2.75) is 13.8 Å². The maximum Gasteiger partial charge on any atom is 0.203 e. The highest BCUT2D eigenvalue weighted by Gasteiger charge is 2.15. The van der Waals surface area contributed by atoms with Gasteiger partial charge in [-0.25, -0.2) is 4.98 Å².